The molecule has 0 atom stereocenters. The summed E-state index contributed by atoms with van der Waals surface area (Å²) in [5.41, 5.74) is 2.03. The van der Waals surface area contributed by atoms with Crippen LogP contribution in [-0.4, -0.2) is 31.1 Å². The molecule has 0 radical (unpaired) electrons. The Balaban J connectivity index is 0.00000338. The monoisotopic (exact) mass is 470 g/mol. The standard InChI is InChI=1S/C18H22N4O3.HI/c1-19-18(20-10-11-25-14-15-6-3-2-4-7-15)21-13-16-8-5-9-17(12-16)22(23)24;/h2-9,12H,10-11,13-14H2,1H3,(H2,19,20,21);1H. The maximum atomic E-state index is 10.8. The SMILES string of the molecule is CN=C(NCCOCc1ccccc1)NCc1cccc([N+](=O)[O-])c1.I. The van der Waals surface area contributed by atoms with Crippen LogP contribution in [0.3, 0.4) is 0 Å². The predicted octanol–water partition coefficient (Wildman–Crippen LogP) is 3.09. The van der Waals surface area contributed by atoms with Gasteiger partial charge in [-0.15, -0.1) is 24.0 Å². The van der Waals surface area contributed by atoms with Crippen LogP contribution < -0.4 is 10.6 Å². The fraction of sp³-hybridized carbons (Fsp3) is 0.278. The molecule has 2 N–H and O–H groups in total. The minimum Gasteiger partial charge on any atom is -0.375 e. The number of aliphatic imine (C=N–C) groups is 1. The highest BCUT2D eigenvalue weighted by Crippen LogP contribution is 2.12. The third kappa shape index (κ3) is 7.79. The summed E-state index contributed by atoms with van der Waals surface area (Å²) in [7, 11) is 1.67. The van der Waals surface area contributed by atoms with Crippen molar-refractivity contribution in [1.82, 2.24) is 10.6 Å². The fourth-order valence-corrected chi connectivity index (χ4v) is 2.19. The van der Waals surface area contributed by atoms with E-state index in [1.54, 1.807) is 19.2 Å². The van der Waals surface area contributed by atoms with Crippen LogP contribution in [0.25, 0.3) is 0 Å². The number of halogens is 1. The van der Waals surface area contributed by atoms with Crippen LogP contribution in [0, 0.1) is 10.1 Å². The second-order valence-electron chi connectivity index (χ2n) is 5.32. The summed E-state index contributed by atoms with van der Waals surface area (Å²) < 4.78 is 5.60. The minimum atomic E-state index is -0.402. The molecule has 2 aromatic carbocycles. The summed E-state index contributed by atoms with van der Waals surface area (Å²) in [6, 6.07) is 16.5. The van der Waals surface area contributed by atoms with Gasteiger partial charge in [0, 0.05) is 32.3 Å². The number of nitro benzene ring substituents is 1. The summed E-state index contributed by atoms with van der Waals surface area (Å²) in [4.78, 5) is 14.5. The van der Waals surface area contributed by atoms with Gasteiger partial charge < -0.3 is 15.4 Å². The molecule has 0 heterocycles. The molecule has 0 aliphatic rings. The summed E-state index contributed by atoms with van der Waals surface area (Å²) in [5.74, 6) is 0.620. The molecule has 0 amide bonds. The van der Waals surface area contributed by atoms with E-state index in [0.29, 0.717) is 32.3 Å². The van der Waals surface area contributed by atoms with Gasteiger partial charge in [-0.25, -0.2) is 0 Å². The average Bonchev–Trinajstić information content (AvgIpc) is 2.65. The van der Waals surface area contributed by atoms with Crippen molar-refractivity contribution in [3.63, 3.8) is 0 Å². The van der Waals surface area contributed by atoms with E-state index in [4.69, 9.17) is 4.74 Å². The van der Waals surface area contributed by atoms with E-state index < -0.39 is 4.92 Å². The first-order chi connectivity index (χ1) is 12.2. The Morgan fingerprint density at radius 1 is 1.12 bits per heavy atom. The highest BCUT2D eigenvalue weighted by Gasteiger charge is 2.06. The van der Waals surface area contributed by atoms with E-state index >= 15 is 0 Å². The lowest BCUT2D eigenvalue weighted by molar-refractivity contribution is -0.384. The lowest BCUT2D eigenvalue weighted by Gasteiger charge is -2.12. The van der Waals surface area contributed by atoms with Crippen LogP contribution >= 0.6 is 24.0 Å². The van der Waals surface area contributed by atoms with Gasteiger partial charge in [-0.2, -0.15) is 0 Å². The summed E-state index contributed by atoms with van der Waals surface area (Å²) in [6.45, 7) is 2.18. The van der Waals surface area contributed by atoms with Crippen molar-refractivity contribution >= 4 is 35.6 Å². The van der Waals surface area contributed by atoms with Crippen molar-refractivity contribution in [2.45, 2.75) is 13.2 Å². The summed E-state index contributed by atoms with van der Waals surface area (Å²) >= 11 is 0. The van der Waals surface area contributed by atoms with E-state index in [0.717, 1.165) is 11.1 Å². The first-order valence-corrected chi connectivity index (χ1v) is 7.98. The lowest BCUT2D eigenvalue weighted by atomic mass is 10.2. The molecule has 8 heteroatoms. The molecule has 0 spiro atoms. The van der Waals surface area contributed by atoms with Crippen molar-refractivity contribution in [2.75, 3.05) is 20.2 Å². The van der Waals surface area contributed by atoms with Gasteiger partial charge in [0.15, 0.2) is 5.96 Å². The smallest absolute Gasteiger partial charge is 0.269 e. The largest absolute Gasteiger partial charge is 0.375 e. The van der Waals surface area contributed by atoms with Gasteiger partial charge >= 0.3 is 0 Å². The highest BCUT2D eigenvalue weighted by atomic mass is 127. The summed E-state index contributed by atoms with van der Waals surface area (Å²) in [5, 5.41) is 17.1. The molecule has 0 aromatic heterocycles. The molecule has 0 bridgehead atoms. The molecule has 7 nitrogen and oxygen atoms in total. The molecule has 0 unspecified atom stereocenters. The van der Waals surface area contributed by atoms with Crippen LogP contribution in [0.4, 0.5) is 5.69 Å². The Morgan fingerprint density at radius 3 is 2.54 bits per heavy atom. The van der Waals surface area contributed by atoms with Crippen molar-refractivity contribution in [2.24, 2.45) is 4.99 Å². The molecular weight excluding hydrogens is 447 g/mol. The third-order valence-electron chi connectivity index (χ3n) is 3.46. The van der Waals surface area contributed by atoms with Crippen LogP contribution in [0.2, 0.25) is 0 Å². The van der Waals surface area contributed by atoms with E-state index in [-0.39, 0.29) is 29.7 Å². The molecular formula is C18H23IN4O3. The number of rotatable bonds is 8. The Labute approximate surface area is 170 Å². The van der Waals surface area contributed by atoms with Crippen molar-refractivity contribution < 1.29 is 9.66 Å². The van der Waals surface area contributed by atoms with Crippen LogP contribution in [0.1, 0.15) is 11.1 Å². The maximum absolute atomic E-state index is 10.8. The fourth-order valence-electron chi connectivity index (χ4n) is 2.19. The number of nitro groups is 1. The zero-order chi connectivity index (χ0) is 17.9. The van der Waals surface area contributed by atoms with Crippen LogP contribution in [-0.2, 0) is 17.9 Å². The molecule has 0 saturated heterocycles. The maximum Gasteiger partial charge on any atom is 0.269 e. The average molecular weight is 470 g/mol. The molecule has 2 aromatic rings. The zero-order valence-electron chi connectivity index (χ0n) is 14.6. The van der Waals surface area contributed by atoms with Crippen molar-refractivity contribution in [3.8, 4) is 0 Å². The predicted molar refractivity (Wildman–Crippen MR) is 113 cm³/mol. The number of benzene rings is 2. The van der Waals surface area contributed by atoms with Crippen LogP contribution in [0.15, 0.2) is 59.6 Å². The number of hydrogen-bond donors (Lipinski definition) is 2. The second-order valence-corrected chi connectivity index (χ2v) is 5.32. The van der Waals surface area contributed by atoms with Gasteiger partial charge in [0.2, 0.25) is 0 Å². The Bertz CT molecular complexity index is 711. The first-order valence-electron chi connectivity index (χ1n) is 7.98. The van der Waals surface area contributed by atoms with Gasteiger partial charge in [-0.3, -0.25) is 15.1 Å². The first kappa shape index (κ1) is 21.8. The van der Waals surface area contributed by atoms with Crippen LogP contribution in [0.5, 0.6) is 0 Å². The minimum absolute atomic E-state index is 0. The Hall–Kier alpha value is -2.20. The number of guanidine groups is 1. The molecule has 0 saturated carbocycles. The second kappa shape index (κ2) is 12.2. The van der Waals surface area contributed by atoms with Crippen molar-refractivity contribution in [1.29, 1.82) is 0 Å². The third-order valence-corrected chi connectivity index (χ3v) is 3.46. The molecule has 0 fully saturated rings. The molecule has 2 rings (SSSR count). The number of nitrogens with one attached hydrogen (secondary N) is 2. The normalized spacial score (nSPS) is 10.7. The number of nitrogens with zero attached hydrogens (tertiary/aromatic N) is 2. The van der Waals surface area contributed by atoms with Crippen molar-refractivity contribution in [3.05, 3.63) is 75.8 Å². The van der Waals surface area contributed by atoms with Gasteiger partial charge in [0.1, 0.15) is 0 Å². The molecule has 0 aliphatic carbocycles. The summed E-state index contributed by atoms with van der Waals surface area (Å²) in [6.07, 6.45) is 0. The van der Waals surface area contributed by atoms with Gasteiger partial charge in [-0.05, 0) is 11.1 Å². The zero-order valence-corrected chi connectivity index (χ0v) is 16.9. The van der Waals surface area contributed by atoms with Gasteiger partial charge in [0.25, 0.3) is 5.69 Å². The van der Waals surface area contributed by atoms with E-state index in [1.165, 1.54) is 6.07 Å². The van der Waals surface area contributed by atoms with E-state index in [2.05, 4.69) is 15.6 Å². The Kier molecular flexibility index (Phi) is 10.3. The number of ether oxygens (including phenoxy) is 1. The molecule has 140 valence electrons. The highest BCUT2D eigenvalue weighted by molar-refractivity contribution is 14.0. The molecule has 0 aliphatic heterocycles. The topological polar surface area (TPSA) is 88.8 Å². The van der Waals surface area contributed by atoms with E-state index in [9.17, 15) is 10.1 Å². The van der Waals surface area contributed by atoms with E-state index in [1.807, 2.05) is 36.4 Å². The Morgan fingerprint density at radius 2 is 1.85 bits per heavy atom. The lowest BCUT2D eigenvalue weighted by Crippen LogP contribution is -2.38. The molecule has 26 heavy (non-hydrogen) atoms. The van der Waals surface area contributed by atoms with Gasteiger partial charge in [-0.1, -0.05) is 42.5 Å². The van der Waals surface area contributed by atoms with Gasteiger partial charge in [0.05, 0.1) is 18.1 Å². The number of hydrogen-bond acceptors (Lipinski definition) is 4. The number of non-ortho nitro benzene ring substituents is 1. The quantitative estimate of drug-likeness (QED) is 0.155.